The summed E-state index contributed by atoms with van der Waals surface area (Å²) in [6.07, 6.45) is 1.80. The molecule has 0 aliphatic carbocycles. The van der Waals surface area contributed by atoms with Gasteiger partial charge >= 0.3 is 5.97 Å². The van der Waals surface area contributed by atoms with Gasteiger partial charge in [-0.1, -0.05) is 44.2 Å². The molecule has 1 aromatic carbocycles. The zero-order chi connectivity index (χ0) is 16.1. The Morgan fingerprint density at radius 3 is 2.27 bits per heavy atom. The minimum Gasteiger partial charge on any atom is -0.481 e. The van der Waals surface area contributed by atoms with Crippen LogP contribution in [0, 0.1) is 11.8 Å². The van der Waals surface area contributed by atoms with Crippen LogP contribution in [0.2, 0.25) is 0 Å². The summed E-state index contributed by atoms with van der Waals surface area (Å²) in [5.41, 5.74) is 1.06. The molecule has 1 atom stereocenters. The fourth-order valence-corrected chi connectivity index (χ4v) is 3.27. The first-order valence-corrected chi connectivity index (χ1v) is 8.04. The molecule has 120 valence electrons. The molecule has 1 unspecified atom stereocenters. The van der Waals surface area contributed by atoms with Crippen molar-refractivity contribution in [2.75, 3.05) is 13.1 Å². The summed E-state index contributed by atoms with van der Waals surface area (Å²) < 4.78 is 0. The predicted molar refractivity (Wildman–Crippen MR) is 85.6 cm³/mol. The van der Waals surface area contributed by atoms with Crippen molar-refractivity contribution in [3.63, 3.8) is 0 Å². The zero-order valence-corrected chi connectivity index (χ0v) is 13.4. The van der Waals surface area contributed by atoms with Crippen molar-refractivity contribution in [1.29, 1.82) is 0 Å². The number of carbonyl (C=O) groups is 2. The molecule has 0 aromatic heterocycles. The maximum Gasteiger partial charge on any atom is 0.303 e. The molecule has 1 aliphatic heterocycles. The number of nitrogens with zero attached hydrogens (tertiary/aromatic N) is 1. The summed E-state index contributed by atoms with van der Waals surface area (Å²) in [6.45, 7) is 5.50. The zero-order valence-electron chi connectivity index (χ0n) is 13.4. The topological polar surface area (TPSA) is 57.6 Å². The van der Waals surface area contributed by atoms with Crippen LogP contribution in [-0.4, -0.2) is 35.0 Å². The van der Waals surface area contributed by atoms with Crippen LogP contribution in [0.3, 0.4) is 0 Å². The number of piperidine rings is 1. The van der Waals surface area contributed by atoms with E-state index in [-0.39, 0.29) is 30.1 Å². The molecule has 0 bridgehead atoms. The molecule has 1 amide bonds. The predicted octanol–water partition coefficient (Wildman–Crippen LogP) is 3.14. The average molecular weight is 303 g/mol. The third kappa shape index (κ3) is 4.09. The minimum atomic E-state index is -0.742. The summed E-state index contributed by atoms with van der Waals surface area (Å²) >= 11 is 0. The van der Waals surface area contributed by atoms with Gasteiger partial charge < -0.3 is 10.0 Å². The molecule has 2 rings (SSSR count). The lowest BCUT2D eigenvalue weighted by Crippen LogP contribution is -2.42. The van der Waals surface area contributed by atoms with Crippen LogP contribution in [0.5, 0.6) is 0 Å². The number of likely N-dealkylation sites (tertiary alicyclic amines) is 1. The molecular weight excluding hydrogens is 278 g/mol. The van der Waals surface area contributed by atoms with E-state index >= 15 is 0 Å². The third-order valence-corrected chi connectivity index (χ3v) is 4.48. The van der Waals surface area contributed by atoms with E-state index in [0.29, 0.717) is 13.1 Å². The van der Waals surface area contributed by atoms with E-state index in [1.165, 1.54) is 0 Å². The van der Waals surface area contributed by atoms with Gasteiger partial charge in [0, 0.05) is 19.5 Å². The largest absolute Gasteiger partial charge is 0.481 e. The molecule has 1 aromatic rings. The molecule has 0 radical (unpaired) electrons. The Bertz CT molecular complexity index is 504. The van der Waals surface area contributed by atoms with Gasteiger partial charge in [0.2, 0.25) is 5.91 Å². The fraction of sp³-hybridized carbons (Fsp3) is 0.556. The first-order chi connectivity index (χ1) is 10.5. The molecule has 4 heteroatoms. The number of amides is 1. The fourth-order valence-electron chi connectivity index (χ4n) is 3.27. The summed E-state index contributed by atoms with van der Waals surface area (Å²) in [4.78, 5) is 25.6. The molecule has 1 aliphatic rings. The van der Waals surface area contributed by atoms with Crippen LogP contribution in [0.25, 0.3) is 0 Å². The molecule has 1 fully saturated rings. The van der Waals surface area contributed by atoms with Gasteiger partial charge in [-0.2, -0.15) is 0 Å². The van der Waals surface area contributed by atoms with Crippen molar-refractivity contribution in [2.45, 2.75) is 39.0 Å². The Balaban J connectivity index is 2.02. The second kappa shape index (κ2) is 7.43. The molecule has 1 heterocycles. The normalized spacial score (nSPS) is 17.5. The van der Waals surface area contributed by atoms with E-state index < -0.39 is 5.97 Å². The standard InChI is InChI=1S/C18H25NO3/c1-13(2)17(15-6-4-3-5-7-15)18(22)19-10-8-14(9-11-19)12-16(20)21/h3-7,13-14,17H,8-12H2,1-2H3,(H,20,21). The van der Waals surface area contributed by atoms with Gasteiger partial charge in [-0.05, 0) is 30.2 Å². The van der Waals surface area contributed by atoms with E-state index in [1.54, 1.807) is 0 Å². The Kier molecular flexibility index (Phi) is 5.58. The number of benzene rings is 1. The van der Waals surface area contributed by atoms with Gasteiger partial charge in [0.1, 0.15) is 0 Å². The lowest BCUT2D eigenvalue weighted by molar-refractivity contribution is -0.139. The second-order valence-electron chi connectivity index (χ2n) is 6.50. The van der Waals surface area contributed by atoms with Crippen molar-refractivity contribution < 1.29 is 14.7 Å². The van der Waals surface area contributed by atoms with Crippen LogP contribution in [-0.2, 0) is 9.59 Å². The van der Waals surface area contributed by atoms with Crippen LogP contribution < -0.4 is 0 Å². The van der Waals surface area contributed by atoms with E-state index in [9.17, 15) is 9.59 Å². The quantitative estimate of drug-likeness (QED) is 0.909. The lowest BCUT2D eigenvalue weighted by Gasteiger charge is -2.35. The SMILES string of the molecule is CC(C)C(C(=O)N1CCC(CC(=O)O)CC1)c1ccccc1. The van der Waals surface area contributed by atoms with Gasteiger partial charge in [-0.3, -0.25) is 9.59 Å². The summed E-state index contributed by atoms with van der Waals surface area (Å²) in [5, 5.41) is 8.87. The highest BCUT2D eigenvalue weighted by atomic mass is 16.4. The number of hydrogen-bond donors (Lipinski definition) is 1. The van der Waals surface area contributed by atoms with Gasteiger partial charge in [-0.15, -0.1) is 0 Å². The van der Waals surface area contributed by atoms with E-state index in [1.807, 2.05) is 35.2 Å². The van der Waals surface area contributed by atoms with Crippen molar-refractivity contribution in [2.24, 2.45) is 11.8 Å². The van der Waals surface area contributed by atoms with Crippen molar-refractivity contribution in [3.8, 4) is 0 Å². The van der Waals surface area contributed by atoms with Crippen molar-refractivity contribution >= 4 is 11.9 Å². The van der Waals surface area contributed by atoms with Gasteiger partial charge in [-0.25, -0.2) is 0 Å². The van der Waals surface area contributed by atoms with Crippen molar-refractivity contribution in [1.82, 2.24) is 4.90 Å². The van der Waals surface area contributed by atoms with Gasteiger partial charge in [0.05, 0.1) is 5.92 Å². The molecule has 0 saturated carbocycles. The Morgan fingerprint density at radius 1 is 1.18 bits per heavy atom. The highest BCUT2D eigenvalue weighted by molar-refractivity contribution is 5.84. The second-order valence-corrected chi connectivity index (χ2v) is 6.50. The van der Waals surface area contributed by atoms with Gasteiger partial charge in [0.25, 0.3) is 0 Å². The maximum absolute atomic E-state index is 12.9. The van der Waals surface area contributed by atoms with Crippen LogP contribution in [0.4, 0.5) is 0 Å². The first-order valence-electron chi connectivity index (χ1n) is 8.04. The smallest absolute Gasteiger partial charge is 0.303 e. The molecule has 1 saturated heterocycles. The minimum absolute atomic E-state index is 0.114. The van der Waals surface area contributed by atoms with Crippen LogP contribution in [0.15, 0.2) is 30.3 Å². The lowest BCUT2D eigenvalue weighted by atomic mass is 9.86. The number of carboxylic acid groups (broad SMARTS) is 1. The third-order valence-electron chi connectivity index (χ3n) is 4.48. The highest BCUT2D eigenvalue weighted by Crippen LogP contribution is 2.29. The molecule has 1 N–H and O–H groups in total. The Hall–Kier alpha value is -1.84. The molecule has 4 nitrogen and oxygen atoms in total. The Labute approximate surface area is 132 Å². The van der Waals surface area contributed by atoms with E-state index in [0.717, 1.165) is 18.4 Å². The highest BCUT2D eigenvalue weighted by Gasteiger charge is 2.31. The number of carbonyl (C=O) groups excluding carboxylic acids is 1. The number of carboxylic acids is 1. The first kappa shape index (κ1) is 16.5. The molecule has 22 heavy (non-hydrogen) atoms. The van der Waals surface area contributed by atoms with Gasteiger partial charge in [0.15, 0.2) is 0 Å². The molecular formula is C18H25NO3. The number of hydrogen-bond acceptors (Lipinski definition) is 2. The van der Waals surface area contributed by atoms with Crippen LogP contribution >= 0.6 is 0 Å². The summed E-state index contributed by atoms with van der Waals surface area (Å²) in [6, 6.07) is 9.93. The monoisotopic (exact) mass is 303 g/mol. The Morgan fingerprint density at radius 2 is 1.77 bits per heavy atom. The molecule has 0 spiro atoms. The maximum atomic E-state index is 12.9. The van der Waals surface area contributed by atoms with Crippen LogP contribution in [0.1, 0.15) is 44.6 Å². The average Bonchev–Trinajstić information content (AvgIpc) is 2.48. The summed E-state index contributed by atoms with van der Waals surface area (Å²) in [5.74, 6) is -0.233. The van der Waals surface area contributed by atoms with E-state index in [2.05, 4.69) is 13.8 Å². The number of rotatable bonds is 5. The van der Waals surface area contributed by atoms with E-state index in [4.69, 9.17) is 5.11 Å². The van der Waals surface area contributed by atoms with Crippen molar-refractivity contribution in [3.05, 3.63) is 35.9 Å². The summed E-state index contributed by atoms with van der Waals surface area (Å²) in [7, 11) is 0. The number of aliphatic carboxylic acids is 1.